The first-order valence-corrected chi connectivity index (χ1v) is 6.07. The zero-order valence-electron chi connectivity index (χ0n) is 8.24. The van der Waals surface area contributed by atoms with Gasteiger partial charge in [0.15, 0.2) is 0 Å². The molecular formula is C13H7BrOS. The van der Waals surface area contributed by atoms with Crippen LogP contribution in [-0.2, 0) is 0 Å². The third kappa shape index (κ3) is 1.39. The van der Waals surface area contributed by atoms with Crippen LogP contribution in [0.25, 0.3) is 21.9 Å². The molecule has 0 aliphatic heterocycles. The molecule has 0 unspecified atom stereocenters. The Morgan fingerprint density at radius 2 is 1.69 bits per heavy atom. The summed E-state index contributed by atoms with van der Waals surface area (Å²) in [6.07, 6.45) is 0. The fraction of sp³-hybridized carbons (Fsp3) is 0. The van der Waals surface area contributed by atoms with Crippen LogP contribution < -0.4 is 0 Å². The molecule has 16 heavy (non-hydrogen) atoms. The van der Waals surface area contributed by atoms with Crippen LogP contribution >= 0.6 is 28.1 Å². The number of halogens is 1. The van der Waals surface area contributed by atoms with Gasteiger partial charge < -0.3 is 4.42 Å². The van der Waals surface area contributed by atoms with Crippen molar-refractivity contribution in [2.75, 3.05) is 0 Å². The highest BCUT2D eigenvalue weighted by Crippen LogP contribution is 2.29. The molecule has 0 atom stereocenters. The lowest BCUT2D eigenvalue weighted by molar-refractivity contribution is 0.658. The molecule has 0 amide bonds. The summed E-state index contributed by atoms with van der Waals surface area (Å²) in [5.41, 5.74) is 1.64. The van der Waals surface area contributed by atoms with E-state index in [1.807, 2.05) is 42.5 Å². The Bertz CT molecular complexity index is 746. The Kier molecular flexibility index (Phi) is 2.30. The van der Waals surface area contributed by atoms with Gasteiger partial charge in [0.2, 0.25) is 0 Å². The third-order valence-electron chi connectivity index (χ3n) is 2.56. The van der Waals surface area contributed by atoms with Crippen LogP contribution in [0.1, 0.15) is 0 Å². The second-order valence-electron chi connectivity index (χ2n) is 3.54. The number of rotatable bonds is 0. The first kappa shape index (κ1) is 10.00. The maximum atomic E-state index is 5.84. The molecule has 0 saturated carbocycles. The molecule has 0 aliphatic carbocycles. The highest BCUT2D eigenvalue weighted by atomic mass is 79.9. The Hall–Kier alpha value is -1.19. The van der Waals surface area contributed by atoms with E-state index in [0.717, 1.165) is 30.9 Å². The average Bonchev–Trinajstić information content (AvgIpc) is 2.31. The van der Waals surface area contributed by atoms with Gasteiger partial charge in [-0.25, -0.2) is 0 Å². The molecule has 0 spiro atoms. The van der Waals surface area contributed by atoms with Gasteiger partial charge in [0.05, 0.1) is 8.98 Å². The number of hydrogen-bond acceptors (Lipinski definition) is 2. The van der Waals surface area contributed by atoms with E-state index >= 15 is 0 Å². The Labute approximate surface area is 106 Å². The van der Waals surface area contributed by atoms with Gasteiger partial charge in [-0.05, 0) is 40.2 Å². The summed E-state index contributed by atoms with van der Waals surface area (Å²) in [5.74, 6) is 0. The minimum atomic E-state index is 0.811. The van der Waals surface area contributed by atoms with Gasteiger partial charge in [0.25, 0.3) is 0 Å². The third-order valence-corrected chi connectivity index (χ3v) is 3.62. The van der Waals surface area contributed by atoms with Crippen LogP contribution in [0.3, 0.4) is 0 Å². The SMILES string of the molecule is S=c1c2ccccc2oc2c(Br)cccc12. The van der Waals surface area contributed by atoms with Crippen molar-refractivity contribution in [1.29, 1.82) is 0 Å². The van der Waals surface area contributed by atoms with Crippen molar-refractivity contribution >= 4 is 50.1 Å². The molecule has 0 radical (unpaired) electrons. The van der Waals surface area contributed by atoms with E-state index in [2.05, 4.69) is 15.9 Å². The second-order valence-corrected chi connectivity index (χ2v) is 4.81. The molecule has 1 aromatic heterocycles. The summed E-state index contributed by atoms with van der Waals surface area (Å²) >= 11 is 8.95. The highest BCUT2D eigenvalue weighted by molar-refractivity contribution is 9.10. The minimum Gasteiger partial charge on any atom is -0.455 e. The highest BCUT2D eigenvalue weighted by Gasteiger charge is 2.06. The van der Waals surface area contributed by atoms with E-state index < -0.39 is 0 Å². The first-order valence-electron chi connectivity index (χ1n) is 4.87. The molecule has 3 aromatic rings. The molecule has 3 heteroatoms. The van der Waals surface area contributed by atoms with E-state index in [-0.39, 0.29) is 0 Å². The van der Waals surface area contributed by atoms with Crippen LogP contribution in [0.4, 0.5) is 0 Å². The zero-order chi connectivity index (χ0) is 11.1. The number of para-hydroxylation sites is 2. The predicted octanol–water partition coefficient (Wildman–Crippen LogP) is 5.08. The van der Waals surface area contributed by atoms with Crippen LogP contribution in [0, 0.1) is 4.51 Å². The first-order chi connectivity index (χ1) is 7.77. The van der Waals surface area contributed by atoms with Gasteiger partial charge in [0, 0.05) is 10.8 Å². The molecule has 1 nitrogen and oxygen atoms in total. The molecule has 0 fully saturated rings. The molecule has 3 rings (SSSR count). The molecule has 0 saturated heterocycles. The van der Waals surface area contributed by atoms with Gasteiger partial charge in [-0.1, -0.05) is 30.4 Å². The van der Waals surface area contributed by atoms with Crippen molar-refractivity contribution in [3.63, 3.8) is 0 Å². The van der Waals surface area contributed by atoms with Crippen molar-refractivity contribution < 1.29 is 4.42 Å². The van der Waals surface area contributed by atoms with Crippen molar-refractivity contribution in [2.24, 2.45) is 0 Å². The van der Waals surface area contributed by atoms with Gasteiger partial charge in [-0.3, -0.25) is 0 Å². The summed E-state index contributed by atoms with van der Waals surface area (Å²) in [4.78, 5) is 0. The largest absolute Gasteiger partial charge is 0.455 e. The molecule has 2 aromatic carbocycles. The molecular weight excluding hydrogens is 284 g/mol. The molecule has 0 bridgehead atoms. The topological polar surface area (TPSA) is 13.1 Å². The Morgan fingerprint density at radius 1 is 0.938 bits per heavy atom. The Balaban J connectivity index is 2.67. The van der Waals surface area contributed by atoms with Gasteiger partial charge in [-0.2, -0.15) is 0 Å². The van der Waals surface area contributed by atoms with E-state index in [1.165, 1.54) is 0 Å². The van der Waals surface area contributed by atoms with Crippen LogP contribution in [-0.4, -0.2) is 0 Å². The van der Waals surface area contributed by atoms with Crippen molar-refractivity contribution in [3.8, 4) is 0 Å². The van der Waals surface area contributed by atoms with Gasteiger partial charge in [0.1, 0.15) is 11.2 Å². The summed E-state index contributed by atoms with van der Waals surface area (Å²) in [7, 11) is 0. The number of fused-ring (bicyclic) bond motifs is 2. The summed E-state index contributed by atoms with van der Waals surface area (Å²) in [6.45, 7) is 0. The Morgan fingerprint density at radius 3 is 2.56 bits per heavy atom. The van der Waals surface area contributed by atoms with E-state index in [1.54, 1.807) is 0 Å². The summed E-state index contributed by atoms with van der Waals surface area (Å²) < 4.78 is 7.62. The standard InChI is InChI=1S/C13H7BrOS/c14-10-6-3-5-9-12(10)15-11-7-2-1-4-8(11)13(9)16/h1-7H. The fourth-order valence-corrected chi connectivity index (χ4v) is 2.57. The van der Waals surface area contributed by atoms with E-state index in [9.17, 15) is 0 Å². The average molecular weight is 291 g/mol. The lowest BCUT2D eigenvalue weighted by Gasteiger charge is -2.03. The van der Waals surface area contributed by atoms with E-state index in [4.69, 9.17) is 16.6 Å². The molecule has 1 heterocycles. The van der Waals surface area contributed by atoms with Crippen molar-refractivity contribution in [2.45, 2.75) is 0 Å². The van der Waals surface area contributed by atoms with E-state index in [0.29, 0.717) is 0 Å². The maximum absolute atomic E-state index is 5.84. The smallest absolute Gasteiger partial charge is 0.150 e. The monoisotopic (exact) mass is 290 g/mol. The molecule has 78 valence electrons. The van der Waals surface area contributed by atoms with Crippen LogP contribution in [0.5, 0.6) is 0 Å². The lowest BCUT2D eigenvalue weighted by Crippen LogP contribution is -1.79. The second kappa shape index (κ2) is 3.68. The normalized spacial score (nSPS) is 11.1. The van der Waals surface area contributed by atoms with Crippen molar-refractivity contribution in [1.82, 2.24) is 0 Å². The predicted molar refractivity (Wildman–Crippen MR) is 72.3 cm³/mol. The van der Waals surface area contributed by atoms with Gasteiger partial charge >= 0.3 is 0 Å². The van der Waals surface area contributed by atoms with Crippen LogP contribution in [0.2, 0.25) is 0 Å². The summed E-state index contributed by atoms with van der Waals surface area (Å²) in [6, 6.07) is 13.7. The number of hydrogen-bond donors (Lipinski definition) is 0. The lowest BCUT2D eigenvalue weighted by atomic mass is 10.1. The molecule has 0 N–H and O–H groups in total. The number of benzene rings is 2. The van der Waals surface area contributed by atoms with Gasteiger partial charge in [-0.15, -0.1) is 0 Å². The summed E-state index contributed by atoms with van der Waals surface area (Å²) in [5, 5.41) is 1.96. The molecule has 0 aliphatic rings. The maximum Gasteiger partial charge on any atom is 0.150 e. The van der Waals surface area contributed by atoms with Crippen LogP contribution in [0.15, 0.2) is 51.4 Å². The minimum absolute atomic E-state index is 0.811. The zero-order valence-corrected chi connectivity index (χ0v) is 10.6. The quantitative estimate of drug-likeness (QED) is 0.423. The fourth-order valence-electron chi connectivity index (χ4n) is 1.79. The van der Waals surface area contributed by atoms with Crippen molar-refractivity contribution in [3.05, 3.63) is 51.4 Å².